The summed E-state index contributed by atoms with van der Waals surface area (Å²) >= 11 is 1.96. The van der Waals surface area contributed by atoms with Gasteiger partial charge in [-0.1, -0.05) is 25.2 Å². The molecule has 0 saturated carbocycles. The number of hydrogen-bond donors (Lipinski definition) is 0. The Morgan fingerprint density at radius 1 is 1.54 bits per heavy atom. The van der Waals surface area contributed by atoms with Crippen molar-refractivity contribution in [3.63, 3.8) is 0 Å². The third-order valence-corrected chi connectivity index (χ3v) is 3.58. The molecule has 1 nitrogen and oxygen atoms in total. The molecule has 0 amide bonds. The number of nitrogens with zero attached hydrogens (tertiary/aromatic N) is 1. The van der Waals surface area contributed by atoms with Crippen LogP contribution in [0.15, 0.2) is 23.1 Å². The molecule has 74 valence electrons. The van der Waals surface area contributed by atoms with E-state index < -0.39 is 0 Å². The molecule has 0 bridgehead atoms. The summed E-state index contributed by atoms with van der Waals surface area (Å²) in [5, 5.41) is 0. The van der Waals surface area contributed by atoms with Crippen LogP contribution in [-0.2, 0) is 0 Å². The van der Waals surface area contributed by atoms with E-state index in [0.717, 1.165) is 0 Å². The first-order valence-electron chi connectivity index (χ1n) is 4.84. The van der Waals surface area contributed by atoms with E-state index in [-0.39, 0.29) is 0 Å². The van der Waals surface area contributed by atoms with Gasteiger partial charge >= 0.3 is 0 Å². The van der Waals surface area contributed by atoms with Crippen molar-refractivity contribution in [2.75, 3.05) is 19.8 Å². The van der Waals surface area contributed by atoms with E-state index in [0.29, 0.717) is 12.0 Å². The predicted octanol–water partition coefficient (Wildman–Crippen LogP) is 2.76. The fourth-order valence-electron chi connectivity index (χ4n) is 1.51. The Hall–Kier alpha value is -0.210. The molecule has 0 aliphatic heterocycles. The molecule has 0 spiro atoms. The van der Waals surface area contributed by atoms with Crippen LogP contribution in [0.25, 0.3) is 0 Å². The average molecular weight is 197 g/mol. The van der Waals surface area contributed by atoms with Gasteiger partial charge in [-0.3, -0.25) is 0 Å². The van der Waals surface area contributed by atoms with Crippen molar-refractivity contribution in [3.05, 3.63) is 23.1 Å². The van der Waals surface area contributed by atoms with Crippen molar-refractivity contribution >= 4 is 11.8 Å². The van der Waals surface area contributed by atoms with Crippen molar-refractivity contribution in [1.29, 1.82) is 0 Å². The largest absolute Gasteiger partial charge is 0.306 e. The monoisotopic (exact) mass is 197 g/mol. The lowest BCUT2D eigenvalue weighted by molar-refractivity contribution is 0.281. The first kappa shape index (κ1) is 10.9. The summed E-state index contributed by atoms with van der Waals surface area (Å²) in [4.78, 5) is 3.80. The molecule has 0 aromatic carbocycles. The molecule has 0 heterocycles. The van der Waals surface area contributed by atoms with Crippen molar-refractivity contribution in [2.45, 2.75) is 19.9 Å². The first-order chi connectivity index (χ1) is 6.16. The zero-order valence-corrected chi connectivity index (χ0v) is 9.77. The maximum Gasteiger partial charge on any atom is 0.0234 e. The summed E-state index contributed by atoms with van der Waals surface area (Å²) in [6, 6.07) is 0.601. The summed E-state index contributed by atoms with van der Waals surface area (Å²) < 4.78 is 0. The lowest BCUT2D eigenvalue weighted by Gasteiger charge is -2.26. The summed E-state index contributed by atoms with van der Waals surface area (Å²) in [5.74, 6) is 1.78. The van der Waals surface area contributed by atoms with E-state index in [2.05, 4.69) is 51.1 Å². The SMILES string of the molecule is CCSC1=CC=C[C@H]1[C@H](C)N(C)C. The number of thioether (sulfide) groups is 1. The van der Waals surface area contributed by atoms with Crippen molar-refractivity contribution < 1.29 is 0 Å². The molecular formula is C11H19NS. The second-order valence-corrected chi connectivity index (χ2v) is 4.95. The zero-order valence-electron chi connectivity index (χ0n) is 8.95. The highest BCUT2D eigenvalue weighted by Crippen LogP contribution is 2.33. The van der Waals surface area contributed by atoms with Gasteiger partial charge in [0.05, 0.1) is 0 Å². The Morgan fingerprint density at radius 3 is 2.77 bits per heavy atom. The van der Waals surface area contributed by atoms with Gasteiger partial charge in [-0.05, 0) is 31.7 Å². The third-order valence-electron chi connectivity index (χ3n) is 2.55. The Bertz CT molecular complexity index is 218. The molecule has 0 radical (unpaired) electrons. The lowest BCUT2D eigenvalue weighted by atomic mass is 10.0. The minimum Gasteiger partial charge on any atom is -0.306 e. The number of allylic oxidation sites excluding steroid dienone is 2. The highest BCUT2D eigenvalue weighted by molar-refractivity contribution is 8.03. The van der Waals surface area contributed by atoms with E-state index in [1.165, 1.54) is 10.7 Å². The minimum atomic E-state index is 0.601. The molecule has 0 fully saturated rings. The van der Waals surface area contributed by atoms with Crippen molar-refractivity contribution in [3.8, 4) is 0 Å². The second kappa shape index (κ2) is 4.87. The number of hydrogen-bond acceptors (Lipinski definition) is 2. The highest BCUT2D eigenvalue weighted by atomic mass is 32.2. The predicted molar refractivity (Wildman–Crippen MR) is 62.0 cm³/mol. The fourth-order valence-corrected chi connectivity index (χ4v) is 2.48. The van der Waals surface area contributed by atoms with E-state index in [4.69, 9.17) is 0 Å². The molecular weight excluding hydrogens is 178 g/mol. The van der Waals surface area contributed by atoms with Gasteiger partial charge in [0.2, 0.25) is 0 Å². The van der Waals surface area contributed by atoms with E-state index in [1.54, 1.807) is 0 Å². The quantitative estimate of drug-likeness (QED) is 0.682. The van der Waals surface area contributed by atoms with Gasteiger partial charge in [-0.2, -0.15) is 0 Å². The second-order valence-electron chi connectivity index (χ2n) is 3.62. The summed E-state index contributed by atoms with van der Waals surface area (Å²) in [6.07, 6.45) is 6.74. The molecule has 0 unspecified atom stereocenters. The molecule has 0 saturated heterocycles. The Kier molecular flexibility index (Phi) is 4.07. The van der Waals surface area contributed by atoms with Crippen LogP contribution in [0.5, 0.6) is 0 Å². The molecule has 0 aromatic heterocycles. The van der Waals surface area contributed by atoms with Gasteiger partial charge < -0.3 is 4.90 Å². The number of rotatable bonds is 4. The lowest BCUT2D eigenvalue weighted by Crippen LogP contribution is -2.31. The van der Waals surface area contributed by atoms with Gasteiger partial charge in [-0.15, -0.1) is 11.8 Å². The maximum absolute atomic E-state index is 2.31. The van der Waals surface area contributed by atoms with Gasteiger partial charge in [0, 0.05) is 12.0 Å². The third kappa shape index (κ3) is 2.61. The molecule has 1 aliphatic carbocycles. The highest BCUT2D eigenvalue weighted by Gasteiger charge is 2.22. The Balaban J connectivity index is 2.60. The van der Waals surface area contributed by atoms with Gasteiger partial charge in [-0.25, -0.2) is 0 Å². The van der Waals surface area contributed by atoms with E-state index in [9.17, 15) is 0 Å². The fraction of sp³-hybridized carbons (Fsp3) is 0.636. The van der Waals surface area contributed by atoms with Gasteiger partial charge in [0.15, 0.2) is 0 Å². The normalized spacial score (nSPS) is 23.8. The van der Waals surface area contributed by atoms with Crippen molar-refractivity contribution in [2.24, 2.45) is 5.92 Å². The van der Waals surface area contributed by atoms with Crippen molar-refractivity contribution in [1.82, 2.24) is 4.90 Å². The topological polar surface area (TPSA) is 3.24 Å². The van der Waals surface area contributed by atoms with Crippen LogP contribution in [-0.4, -0.2) is 30.8 Å². The van der Waals surface area contributed by atoms with Crippen LogP contribution < -0.4 is 0 Å². The van der Waals surface area contributed by atoms with Gasteiger partial charge in [0.25, 0.3) is 0 Å². The Labute approximate surface area is 85.9 Å². The molecule has 2 atom stereocenters. The van der Waals surface area contributed by atoms with Crippen LogP contribution in [0.3, 0.4) is 0 Å². The van der Waals surface area contributed by atoms with Crippen LogP contribution in [0.4, 0.5) is 0 Å². The summed E-state index contributed by atoms with van der Waals surface area (Å²) in [7, 11) is 4.29. The minimum absolute atomic E-state index is 0.601. The Morgan fingerprint density at radius 2 is 2.23 bits per heavy atom. The standard InChI is InChI=1S/C11H19NS/c1-5-13-11-8-6-7-10(11)9(2)12(3)4/h6-10H,5H2,1-4H3/t9-,10-/m0/s1. The molecule has 2 heteroatoms. The van der Waals surface area contributed by atoms with Gasteiger partial charge in [0.1, 0.15) is 0 Å². The first-order valence-corrected chi connectivity index (χ1v) is 5.83. The van der Waals surface area contributed by atoms with Crippen LogP contribution >= 0.6 is 11.8 Å². The maximum atomic E-state index is 2.31. The molecule has 1 rings (SSSR count). The summed E-state index contributed by atoms with van der Waals surface area (Å²) in [6.45, 7) is 4.49. The zero-order chi connectivity index (χ0) is 9.84. The smallest absolute Gasteiger partial charge is 0.0234 e. The van der Waals surface area contributed by atoms with E-state index in [1.807, 2.05) is 11.8 Å². The average Bonchev–Trinajstić information content (AvgIpc) is 2.52. The molecule has 0 N–H and O–H groups in total. The molecule has 1 aliphatic rings. The van der Waals surface area contributed by atoms with Crippen LogP contribution in [0.2, 0.25) is 0 Å². The van der Waals surface area contributed by atoms with Crippen LogP contribution in [0, 0.1) is 5.92 Å². The molecule has 0 aromatic rings. The summed E-state index contributed by atoms with van der Waals surface area (Å²) in [5.41, 5.74) is 0. The molecule has 13 heavy (non-hydrogen) atoms. The van der Waals surface area contributed by atoms with Crippen LogP contribution in [0.1, 0.15) is 13.8 Å². The van der Waals surface area contributed by atoms with E-state index >= 15 is 0 Å².